The molecule has 1 unspecified atom stereocenters. The standard InChI is InChI=1S/C11H14N2O5/c1-6(2)7(3)18-10-9(13(16)17)4-8(5-12-10)11(14)15/h4-7H,1-3H3,(H,14,15). The molecule has 0 radical (unpaired) electrons. The minimum absolute atomic E-state index is 0.158. The number of carboxylic acid groups (broad SMARTS) is 1. The van der Waals surface area contributed by atoms with Crippen molar-refractivity contribution in [2.24, 2.45) is 5.92 Å². The largest absolute Gasteiger partial charge is 0.478 e. The van der Waals surface area contributed by atoms with Crippen LogP contribution in [0.25, 0.3) is 0 Å². The Morgan fingerprint density at radius 1 is 1.50 bits per heavy atom. The fourth-order valence-corrected chi connectivity index (χ4v) is 1.09. The highest BCUT2D eigenvalue weighted by molar-refractivity contribution is 5.88. The van der Waals surface area contributed by atoms with E-state index in [2.05, 4.69) is 4.98 Å². The highest BCUT2D eigenvalue weighted by atomic mass is 16.6. The maximum absolute atomic E-state index is 10.8. The van der Waals surface area contributed by atoms with Crippen LogP contribution in [0.3, 0.4) is 0 Å². The first-order valence-electron chi connectivity index (χ1n) is 5.37. The van der Waals surface area contributed by atoms with Gasteiger partial charge in [0.25, 0.3) is 5.88 Å². The Morgan fingerprint density at radius 2 is 2.11 bits per heavy atom. The number of aromatic carboxylic acids is 1. The van der Waals surface area contributed by atoms with E-state index in [1.165, 1.54) is 0 Å². The van der Waals surface area contributed by atoms with Gasteiger partial charge in [0, 0.05) is 12.3 Å². The predicted octanol–water partition coefficient (Wildman–Crippen LogP) is 2.11. The number of nitrogens with zero attached hydrogens (tertiary/aromatic N) is 2. The summed E-state index contributed by atoms with van der Waals surface area (Å²) in [4.78, 5) is 24.5. The number of rotatable bonds is 5. The molecule has 1 rings (SSSR count). The molecule has 0 fully saturated rings. The molecule has 18 heavy (non-hydrogen) atoms. The molecule has 1 aromatic rings. The molecular weight excluding hydrogens is 240 g/mol. The molecule has 0 aliphatic carbocycles. The molecule has 0 aliphatic heterocycles. The normalized spacial score (nSPS) is 12.2. The van der Waals surface area contributed by atoms with E-state index in [0.29, 0.717) is 0 Å². The van der Waals surface area contributed by atoms with Crippen LogP contribution in [-0.2, 0) is 0 Å². The Kier molecular flexibility index (Phi) is 4.19. The highest BCUT2D eigenvalue weighted by Gasteiger charge is 2.22. The van der Waals surface area contributed by atoms with Crippen LogP contribution in [0.5, 0.6) is 5.88 Å². The van der Waals surface area contributed by atoms with Crippen LogP contribution in [0.15, 0.2) is 12.3 Å². The molecule has 0 saturated heterocycles. The third-order valence-corrected chi connectivity index (χ3v) is 2.51. The van der Waals surface area contributed by atoms with E-state index in [9.17, 15) is 14.9 Å². The molecule has 1 N–H and O–H groups in total. The van der Waals surface area contributed by atoms with Crippen molar-refractivity contribution >= 4 is 11.7 Å². The lowest BCUT2D eigenvalue weighted by Gasteiger charge is -2.16. The molecule has 0 aliphatic rings. The van der Waals surface area contributed by atoms with E-state index in [4.69, 9.17) is 9.84 Å². The van der Waals surface area contributed by atoms with Gasteiger partial charge in [-0.3, -0.25) is 10.1 Å². The molecule has 0 aromatic carbocycles. The minimum Gasteiger partial charge on any atom is -0.478 e. The predicted molar refractivity (Wildman–Crippen MR) is 62.8 cm³/mol. The zero-order valence-corrected chi connectivity index (χ0v) is 10.3. The summed E-state index contributed by atoms with van der Waals surface area (Å²) in [6.45, 7) is 5.57. The molecule has 98 valence electrons. The zero-order chi connectivity index (χ0) is 13.9. The number of hydrogen-bond donors (Lipinski definition) is 1. The van der Waals surface area contributed by atoms with Crippen molar-refractivity contribution < 1.29 is 19.6 Å². The van der Waals surface area contributed by atoms with Crippen molar-refractivity contribution in [3.8, 4) is 5.88 Å². The van der Waals surface area contributed by atoms with E-state index in [0.717, 1.165) is 12.3 Å². The van der Waals surface area contributed by atoms with Gasteiger partial charge in [-0.25, -0.2) is 9.78 Å². The summed E-state index contributed by atoms with van der Waals surface area (Å²) in [6, 6.07) is 0.942. The zero-order valence-electron chi connectivity index (χ0n) is 10.3. The Bertz CT molecular complexity index is 473. The Morgan fingerprint density at radius 3 is 2.56 bits per heavy atom. The quantitative estimate of drug-likeness (QED) is 0.637. The molecule has 1 aromatic heterocycles. The lowest BCUT2D eigenvalue weighted by Crippen LogP contribution is -2.20. The van der Waals surface area contributed by atoms with Crippen molar-refractivity contribution in [1.29, 1.82) is 0 Å². The van der Waals surface area contributed by atoms with E-state index in [1.807, 2.05) is 13.8 Å². The second-order valence-electron chi connectivity index (χ2n) is 4.18. The van der Waals surface area contributed by atoms with Gasteiger partial charge in [0.1, 0.15) is 6.10 Å². The Hall–Kier alpha value is -2.18. The summed E-state index contributed by atoms with van der Waals surface area (Å²) in [6.07, 6.45) is 0.782. The SMILES string of the molecule is CC(C)C(C)Oc1ncc(C(=O)O)cc1[N+](=O)[O-]. The fraction of sp³-hybridized carbons (Fsp3) is 0.455. The third-order valence-electron chi connectivity index (χ3n) is 2.51. The van der Waals surface area contributed by atoms with Gasteiger partial charge in [0.2, 0.25) is 0 Å². The molecular formula is C11H14N2O5. The second-order valence-corrected chi connectivity index (χ2v) is 4.18. The number of pyridine rings is 1. The summed E-state index contributed by atoms with van der Waals surface area (Å²) >= 11 is 0. The van der Waals surface area contributed by atoms with Gasteiger partial charge in [-0.1, -0.05) is 13.8 Å². The van der Waals surface area contributed by atoms with Crippen LogP contribution in [0.1, 0.15) is 31.1 Å². The molecule has 0 saturated carbocycles. The topological polar surface area (TPSA) is 103 Å². The number of carbonyl (C=O) groups is 1. The smallest absolute Gasteiger partial charge is 0.337 e. The molecule has 1 heterocycles. The average Bonchev–Trinajstić information content (AvgIpc) is 2.28. The third kappa shape index (κ3) is 3.16. The summed E-state index contributed by atoms with van der Waals surface area (Å²) in [5, 5.41) is 19.6. The first kappa shape index (κ1) is 13.9. The molecule has 0 bridgehead atoms. The monoisotopic (exact) mass is 254 g/mol. The van der Waals surface area contributed by atoms with Crippen molar-refractivity contribution in [3.05, 3.63) is 27.9 Å². The van der Waals surface area contributed by atoms with Crippen LogP contribution in [0.2, 0.25) is 0 Å². The lowest BCUT2D eigenvalue weighted by molar-refractivity contribution is -0.386. The number of hydrogen-bond acceptors (Lipinski definition) is 5. The van der Waals surface area contributed by atoms with Gasteiger partial charge >= 0.3 is 11.7 Å². The molecule has 7 nitrogen and oxygen atoms in total. The summed E-state index contributed by atoms with van der Waals surface area (Å²) in [7, 11) is 0. The maximum Gasteiger partial charge on any atom is 0.337 e. The number of nitro groups is 1. The van der Waals surface area contributed by atoms with Crippen molar-refractivity contribution in [1.82, 2.24) is 4.98 Å². The maximum atomic E-state index is 10.8. The molecule has 0 amide bonds. The van der Waals surface area contributed by atoms with Gasteiger partial charge < -0.3 is 9.84 Å². The van der Waals surface area contributed by atoms with E-state index in [1.54, 1.807) is 6.92 Å². The first-order chi connectivity index (χ1) is 8.32. The average molecular weight is 254 g/mol. The van der Waals surface area contributed by atoms with Crippen LogP contribution >= 0.6 is 0 Å². The van der Waals surface area contributed by atoms with Crippen molar-refractivity contribution in [2.45, 2.75) is 26.9 Å². The van der Waals surface area contributed by atoms with Crippen molar-refractivity contribution in [2.75, 3.05) is 0 Å². The Labute approximate surface area is 104 Å². The van der Waals surface area contributed by atoms with E-state index >= 15 is 0 Å². The second kappa shape index (κ2) is 5.44. The molecule has 1 atom stereocenters. The van der Waals surface area contributed by atoms with Crippen LogP contribution in [0.4, 0.5) is 5.69 Å². The van der Waals surface area contributed by atoms with Gasteiger partial charge in [0.15, 0.2) is 0 Å². The highest BCUT2D eigenvalue weighted by Crippen LogP contribution is 2.27. The van der Waals surface area contributed by atoms with E-state index in [-0.39, 0.29) is 23.5 Å². The van der Waals surface area contributed by atoms with Crippen LogP contribution in [0, 0.1) is 16.0 Å². The van der Waals surface area contributed by atoms with Crippen LogP contribution < -0.4 is 4.74 Å². The molecule has 0 spiro atoms. The minimum atomic E-state index is -1.27. The van der Waals surface area contributed by atoms with Gasteiger partial charge in [-0.15, -0.1) is 0 Å². The first-order valence-corrected chi connectivity index (χ1v) is 5.37. The summed E-state index contributed by atoms with van der Waals surface area (Å²) < 4.78 is 5.36. The molecule has 7 heteroatoms. The van der Waals surface area contributed by atoms with E-state index < -0.39 is 16.6 Å². The van der Waals surface area contributed by atoms with Gasteiger partial charge in [-0.05, 0) is 12.8 Å². The fourth-order valence-electron chi connectivity index (χ4n) is 1.09. The lowest BCUT2D eigenvalue weighted by atomic mass is 10.1. The van der Waals surface area contributed by atoms with Gasteiger partial charge in [0.05, 0.1) is 10.5 Å². The van der Waals surface area contributed by atoms with Crippen LogP contribution in [-0.4, -0.2) is 27.1 Å². The number of carboxylic acids is 1. The summed E-state index contributed by atoms with van der Waals surface area (Å²) in [5.74, 6) is -1.27. The number of aromatic nitrogens is 1. The van der Waals surface area contributed by atoms with Gasteiger partial charge in [-0.2, -0.15) is 0 Å². The summed E-state index contributed by atoms with van der Waals surface area (Å²) in [5.41, 5.74) is -0.686. The number of ether oxygens (including phenoxy) is 1. The Balaban J connectivity index is 3.12. The van der Waals surface area contributed by atoms with Crippen molar-refractivity contribution in [3.63, 3.8) is 0 Å².